The Morgan fingerprint density at radius 2 is 2.27 bits per heavy atom. The van der Waals surface area contributed by atoms with Gasteiger partial charge < -0.3 is 0 Å². The Kier molecular flexibility index (Phi) is 3.77. The van der Waals surface area contributed by atoms with Crippen molar-refractivity contribution in [1.29, 1.82) is 5.26 Å². The zero-order valence-corrected chi connectivity index (χ0v) is 12.0. The fourth-order valence-corrected chi connectivity index (χ4v) is 2.24. The topological polar surface area (TPSA) is 78.5 Å². The summed E-state index contributed by atoms with van der Waals surface area (Å²) in [6.07, 6.45) is 9.82. The van der Waals surface area contributed by atoms with Crippen molar-refractivity contribution in [3.05, 3.63) is 59.5 Å². The number of amides is 1. The number of aliphatic imine (C=N–C) groups is 2. The third-order valence-corrected chi connectivity index (χ3v) is 3.33. The van der Waals surface area contributed by atoms with Crippen LogP contribution in [0.4, 0.5) is 0 Å². The first-order chi connectivity index (χ1) is 10.7. The van der Waals surface area contributed by atoms with Crippen LogP contribution in [-0.2, 0) is 4.79 Å². The minimum Gasteiger partial charge on any atom is -0.267 e. The summed E-state index contributed by atoms with van der Waals surface area (Å²) in [6.45, 7) is 0. The average Bonchev–Trinajstić information content (AvgIpc) is 2.54. The number of nitrogens with zero attached hydrogens (tertiary/aromatic N) is 4. The number of rotatable bonds is 2. The fraction of sp³-hybridized carbons (Fsp3) is 0.0625. The van der Waals surface area contributed by atoms with Crippen LogP contribution in [0.1, 0.15) is 5.56 Å². The van der Waals surface area contributed by atoms with Crippen LogP contribution in [0.25, 0.3) is 6.08 Å². The van der Waals surface area contributed by atoms with Gasteiger partial charge in [0.05, 0.1) is 22.2 Å². The van der Waals surface area contributed by atoms with E-state index in [2.05, 4.69) is 15.0 Å². The minimum absolute atomic E-state index is 0.0983. The summed E-state index contributed by atoms with van der Waals surface area (Å²) in [4.78, 5) is 24.2. The molecule has 2 aliphatic rings. The van der Waals surface area contributed by atoms with Crippen LogP contribution < -0.4 is 0 Å². The van der Waals surface area contributed by atoms with Crippen molar-refractivity contribution in [2.24, 2.45) is 9.98 Å². The molecule has 0 spiro atoms. The highest BCUT2D eigenvalue weighted by molar-refractivity contribution is 6.37. The third-order valence-electron chi connectivity index (χ3n) is 3.06. The first kappa shape index (κ1) is 14.1. The van der Waals surface area contributed by atoms with Gasteiger partial charge in [-0.25, -0.2) is 4.99 Å². The summed E-state index contributed by atoms with van der Waals surface area (Å²) in [5, 5.41) is 8.96. The lowest BCUT2D eigenvalue weighted by Gasteiger charge is -2.15. The molecule has 1 amide bonds. The number of nitriles is 1. The number of fused-ring (bicyclic) bond motifs is 1. The largest absolute Gasteiger partial charge is 0.280 e. The Morgan fingerprint density at radius 1 is 1.41 bits per heavy atom. The van der Waals surface area contributed by atoms with Crippen molar-refractivity contribution in [2.45, 2.75) is 5.38 Å². The van der Waals surface area contributed by atoms with Gasteiger partial charge in [0, 0.05) is 12.4 Å². The molecule has 0 saturated carbocycles. The molecule has 1 atom stereocenters. The maximum Gasteiger partial charge on any atom is 0.280 e. The molecule has 106 valence electrons. The first-order valence-corrected chi connectivity index (χ1v) is 6.89. The first-order valence-electron chi connectivity index (χ1n) is 6.46. The molecular weight excluding hydrogens is 300 g/mol. The molecule has 0 aromatic carbocycles. The Morgan fingerprint density at radius 3 is 3.00 bits per heavy atom. The predicted octanol–water partition coefficient (Wildman–Crippen LogP) is 2.47. The normalized spacial score (nSPS) is 20.5. The van der Waals surface area contributed by atoms with Gasteiger partial charge in [-0.05, 0) is 29.9 Å². The number of carbonyl (C=O) groups excluding carboxylic acids is 1. The van der Waals surface area contributed by atoms with Gasteiger partial charge in [-0.15, -0.1) is 11.6 Å². The van der Waals surface area contributed by atoms with E-state index < -0.39 is 5.91 Å². The number of allylic oxidation sites excluding steroid dienone is 3. The van der Waals surface area contributed by atoms with Crippen LogP contribution in [-0.4, -0.2) is 27.8 Å². The van der Waals surface area contributed by atoms with E-state index in [0.29, 0.717) is 11.3 Å². The van der Waals surface area contributed by atoms with Gasteiger partial charge in [0.2, 0.25) is 0 Å². The van der Waals surface area contributed by atoms with Gasteiger partial charge in [0.25, 0.3) is 5.91 Å². The van der Waals surface area contributed by atoms with E-state index in [0.717, 1.165) is 5.56 Å². The number of hydrogen-bond donors (Lipinski definition) is 0. The van der Waals surface area contributed by atoms with Crippen molar-refractivity contribution >= 4 is 35.1 Å². The number of aromatic nitrogens is 1. The van der Waals surface area contributed by atoms with Crippen LogP contribution in [0.3, 0.4) is 0 Å². The molecule has 1 aromatic heterocycles. The second kappa shape index (κ2) is 5.88. The second-order valence-corrected chi connectivity index (χ2v) is 5.08. The zero-order chi connectivity index (χ0) is 15.5. The lowest BCUT2D eigenvalue weighted by Crippen LogP contribution is -2.22. The summed E-state index contributed by atoms with van der Waals surface area (Å²) < 4.78 is 0. The Labute approximate surface area is 131 Å². The summed E-state index contributed by atoms with van der Waals surface area (Å²) in [5.74, 6) is -0.344. The van der Waals surface area contributed by atoms with Crippen molar-refractivity contribution in [1.82, 2.24) is 4.98 Å². The molecule has 22 heavy (non-hydrogen) atoms. The van der Waals surface area contributed by atoms with Gasteiger partial charge in [0.15, 0.2) is 5.84 Å². The number of halogens is 1. The van der Waals surface area contributed by atoms with E-state index in [1.54, 1.807) is 48.8 Å². The van der Waals surface area contributed by atoms with Gasteiger partial charge >= 0.3 is 0 Å². The molecule has 0 N–H and O–H groups in total. The lowest BCUT2D eigenvalue weighted by atomic mass is 10.0. The molecule has 2 heterocycles. The number of pyridine rings is 1. The van der Waals surface area contributed by atoms with Gasteiger partial charge in [-0.1, -0.05) is 12.1 Å². The molecule has 5 nitrogen and oxygen atoms in total. The van der Waals surface area contributed by atoms with Crippen molar-refractivity contribution < 1.29 is 4.79 Å². The van der Waals surface area contributed by atoms with Crippen molar-refractivity contribution in [3.8, 4) is 6.07 Å². The molecule has 1 aliphatic carbocycles. The SMILES string of the molecule is N#C/C(=C\c1cccnc1)C1=NC(=O)C2=CC(Cl)C=CC2=N1. The monoisotopic (exact) mass is 308 g/mol. The third kappa shape index (κ3) is 2.78. The minimum atomic E-state index is -0.442. The van der Waals surface area contributed by atoms with E-state index in [4.69, 9.17) is 11.6 Å². The van der Waals surface area contributed by atoms with Gasteiger partial charge in [0.1, 0.15) is 6.07 Å². The van der Waals surface area contributed by atoms with Crippen LogP contribution in [0.5, 0.6) is 0 Å². The molecule has 0 fully saturated rings. The van der Waals surface area contributed by atoms with Crippen LogP contribution in [0.15, 0.2) is 63.9 Å². The molecule has 0 saturated heterocycles. The molecule has 0 radical (unpaired) electrons. The Hall–Kier alpha value is -2.84. The van der Waals surface area contributed by atoms with Crippen LogP contribution in [0.2, 0.25) is 0 Å². The molecule has 1 aliphatic heterocycles. The molecule has 1 aromatic rings. The molecule has 0 bridgehead atoms. The highest BCUT2D eigenvalue weighted by Gasteiger charge is 2.25. The summed E-state index contributed by atoms with van der Waals surface area (Å²) in [6, 6.07) is 5.57. The molecule has 1 unspecified atom stereocenters. The standard InChI is InChI=1S/C16H9ClN4O/c17-12-3-4-14-13(7-12)16(22)21-15(20-14)11(8-18)6-10-2-1-5-19-9-10/h1-7,9,12H/b11-6+. The molecule has 3 rings (SSSR count). The Balaban J connectivity index is 2.01. The van der Waals surface area contributed by atoms with Crippen LogP contribution >= 0.6 is 11.6 Å². The summed E-state index contributed by atoms with van der Waals surface area (Å²) in [5.41, 5.74) is 1.77. The van der Waals surface area contributed by atoms with E-state index in [-0.39, 0.29) is 16.8 Å². The van der Waals surface area contributed by atoms with E-state index >= 15 is 0 Å². The van der Waals surface area contributed by atoms with E-state index in [9.17, 15) is 10.1 Å². The van der Waals surface area contributed by atoms with Crippen molar-refractivity contribution in [3.63, 3.8) is 0 Å². The maximum atomic E-state index is 12.1. The number of amidine groups is 1. The van der Waals surface area contributed by atoms with E-state index in [1.165, 1.54) is 0 Å². The quantitative estimate of drug-likeness (QED) is 0.622. The predicted molar refractivity (Wildman–Crippen MR) is 84.6 cm³/mol. The molecule has 6 heteroatoms. The second-order valence-electron chi connectivity index (χ2n) is 4.58. The summed E-state index contributed by atoms with van der Waals surface area (Å²) >= 11 is 5.95. The van der Waals surface area contributed by atoms with Gasteiger partial charge in [-0.2, -0.15) is 10.3 Å². The zero-order valence-electron chi connectivity index (χ0n) is 11.3. The highest BCUT2D eigenvalue weighted by Crippen LogP contribution is 2.20. The van der Waals surface area contributed by atoms with Crippen LogP contribution in [0, 0.1) is 11.3 Å². The maximum absolute atomic E-state index is 12.1. The lowest BCUT2D eigenvalue weighted by molar-refractivity contribution is -0.113. The highest BCUT2D eigenvalue weighted by atomic mass is 35.5. The number of hydrogen-bond acceptors (Lipinski definition) is 4. The van der Waals surface area contributed by atoms with E-state index in [1.807, 2.05) is 6.07 Å². The smallest absolute Gasteiger partial charge is 0.267 e. The number of alkyl halides is 1. The Bertz CT molecular complexity index is 825. The van der Waals surface area contributed by atoms with Crippen molar-refractivity contribution in [2.75, 3.05) is 0 Å². The summed E-state index contributed by atoms with van der Waals surface area (Å²) in [7, 11) is 0. The average molecular weight is 309 g/mol. The number of carbonyl (C=O) groups is 1. The fourth-order valence-electron chi connectivity index (χ4n) is 2.04. The molecular formula is C16H9ClN4O. The van der Waals surface area contributed by atoms with Gasteiger partial charge in [-0.3, -0.25) is 9.78 Å².